The van der Waals surface area contributed by atoms with E-state index in [4.69, 9.17) is 14.5 Å². The fraction of sp³-hybridized carbons (Fsp3) is 0.357. The average Bonchev–Trinajstić information content (AvgIpc) is 3.39. The molecule has 1 aliphatic heterocycles. The van der Waals surface area contributed by atoms with Crippen LogP contribution in [-0.4, -0.2) is 77.5 Å². The minimum atomic E-state index is -0.0435. The van der Waals surface area contributed by atoms with Crippen LogP contribution in [0.2, 0.25) is 0 Å². The Morgan fingerprint density at radius 2 is 1.92 bits per heavy atom. The lowest BCUT2D eigenvalue weighted by atomic mass is 10.1. The second kappa shape index (κ2) is 11.5. The average molecular weight is 513 g/mol. The maximum Gasteiger partial charge on any atom is 0.138 e. The van der Waals surface area contributed by atoms with Gasteiger partial charge in [-0.3, -0.25) is 9.88 Å². The van der Waals surface area contributed by atoms with Gasteiger partial charge in [0.25, 0.3) is 0 Å². The predicted molar refractivity (Wildman–Crippen MR) is 146 cm³/mol. The van der Waals surface area contributed by atoms with Gasteiger partial charge in [0.15, 0.2) is 0 Å². The van der Waals surface area contributed by atoms with Crippen molar-refractivity contribution in [1.29, 1.82) is 5.26 Å². The van der Waals surface area contributed by atoms with Crippen LogP contribution in [0.5, 0.6) is 5.75 Å². The smallest absolute Gasteiger partial charge is 0.138 e. The summed E-state index contributed by atoms with van der Waals surface area (Å²) in [4.78, 5) is 14.1. The molecule has 1 fully saturated rings. The molecule has 4 aromatic heterocycles. The van der Waals surface area contributed by atoms with Crippen molar-refractivity contribution >= 4 is 17.0 Å². The van der Waals surface area contributed by atoms with Crippen LogP contribution in [0.3, 0.4) is 0 Å². The zero-order valence-electron chi connectivity index (χ0n) is 22.0. The molecule has 1 saturated heterocycles. The zero-order valence-corrected chi connectivity index (χ0v) is 22.0. The summed E-state index contributed by atoms with van der Waals surface area (Å²) in [7, 11) is 3.55. The normalized spacial score (nSPS) is 14.8. The summed E-state index contributed by atoms with van der Waals surface area (Å²) in [6, 6.07) is 12.4. The number of nitrogens with one attached hydrogen (secondary N) is 1. The quantitative estimate of drug-likeness (QED) is 0.361. The first-order valence-corrected chi connectivity index (χ1v) is 12.7. The minimum Gasteiger partial charge on any atom is -0.489 e. The Morgan fingerprint density at radius 1 is 1.08 bits per heavy atom. The summed E-state index contributed by atoms with van der Waals surface area (Å²) in [5, 5.41) is 17.1. The Bertz CT molecular complexity index is 1400. The lowest BCUT2D eigenvalue weighted by Gasteiger charge is -2.35. The van der Waals surface area contributed by atoms with Crippen molar-refractivity contribution in [1.82, 2.24) is 24.5 Å². The van der Waals surface area contributed by atoms with Crippen LogP contribution in [0.4, 0.5) is 11.5 Å². The molecular formula is C28H32N8O2. The number of pyridine rings is 3. The number of aromatic nitrogens is 4. The van der Waals surface area contributed by atoms with Gasteiger partial charge in [0, 0.05) is 64.2 Å². The Balaban J connectivity index is 1.29. The van der Waals surface area contributed by atoms with Gasteiger partial charge in [-0.1, -0.05) is 0 Å². The van der Waals surface area contributed by atoms with Crippen LogP contribution in [-0.2, 0) is 11.3 Å². The van der Waals surface area contributed by atoms with E-state index >= 15 is 0 Å². The Kier molecular flexibility index (Phi) is 7.67. The monoisotopic (exact) mass is 512 g/mol. The highest BCUT2D eigenvalue weighted by Crippen LogP contribution is 2.31. The third-order valence-electron chi connectivity index (χ3n) is 6.85. The summed E-state index contributed by atoms with van der Waals surface area (Å²) in [6.07, 6.45) is 7.05. The van der Waals surface area contributed by atoms with Crippen LogP contribution >= 0.6 is 0 Å². The number of nitrogens with zero attached hydrogens (tertiary/aromatic N) is 7. The highest BCUT2D eigenvalue weighted by molar-refractivity contribution is 5.85. The van der Waals surface area contributed by atoms with Gasteiger partial charge in [-0.15, -0.1) is 0 Å². The molecule has 0 unspecified atom stereocenters. The van der Waals surface area contributed by atoms with E-state index < -0.39 is 0 Å². The van der Waals surface area contributed by atoms with Crippen LogP contribution in [0, 0.1) is 11.3 Å². The molecule has 0 aromatic carbocycles. The number of piperazine rings is 1. The van der Waals surface area contributed by atoms with Gasteiger partial charge >= 0.3 is 0 Å². The maximum absolute atomic E-state index is 9.64. The van der Waals surface area contributed by atoms with E-state index in [1.54, 1.807) is 24.0 Å². The summed E-state index contributed by atoms with van der Waals surface area (Å²) in [5.41, 5.74) is 5.08. The molecule has 0 spiro atoms. The van der Waals surface area contributed by atoms with E-state index in [0.717, 1.165) is 66.6 Å². The van der Waals surface area contributed by atoms with Crippen LogP contribution in [0.1, 0.15) is 18.2 Å². The lowest BCUT2D eigenvalue weighted by molar-refractivity contribution is 0.0715. The van der Waals surface area contributed by atoms with E-state index in [2.05, 4.69) is 43.4 Å². The molecule has 5 rings (SSSR count). The third kappa shape index (κ3) is 5.54. The van der Waals surface area contributed by atoms with Crippen LogP contribution in [0.25, 0.3) is 16.6 Å². The summed E-state index contributed by atoms with van der Waals surface area (Å²) in [6.45, 7) is 6.88. The van der Waals surface area contributed by atoms with E-state index in [-0.39, 0.29) is 6.10 Å². The van der Waals surface area contributed by atoms with Crippen molar-refractivity contribution in [2.24, 2.45) is 0 Å². The van der Waals surface area contributed by atoms with Crippen molar-refractivity contribution in [3.8, 4) is 22.9 Å². The van der Waals surface area contributed by atoms with Crippen molar-refractivity contribution < 1.29 is 9.47 Å². The Morgan fingerprint density at radius 3 is 2.58 bits per heavy atom. The maximum atomic E-state index is 9.64. The number of anilines is 2. The Hall–Kier alpha value is -4.20. The van der Waals surface area contributed by atoms with Crippen molar-refractivity contribution in [2.75, 3.05) is 57.2 Å². The molecule has 10 heteroatoms. The third-order valence-corrected chi connectivity index (χ3v) is 6.85. The van der Waals surface area contributed by atoms with E-state index in [9.17, 15) is 5.26 Å². The standard InChI is InChI=1S/C28H32N8O2/c1-20(37-3)19-38-25-12-26(28-22(13-29)15-33-36(28)18-25)21-4-7-27(32-14-21)35-10-8-34(9-11-35)17-24-6-5-23(30-2)16-31-24/h4-7,12,14-16,18,20,30H,8-11,17,19H2,1-3H3/t20-/m1/s1. The molecular weight excluding hydrogens is 480 g/mol. The molecule has 0 bridgehead atoms. The fourth-order valence-corrected chi connectivity index (χ4v) is 4.52. The molecule has 1 aliphatic rings. The first-order valence-electron chi connectivity index (χ1n) is 12.7. The Labute approximate surface area is 222 Å². The molecule has 10 nitrogen and oxygen atoms in total. The first-order chi connectivity index (χ1) is 18.6. The topological polar surface area (TPSA) is 104 Å². The van der Waals surface area contributed by atoms with E-state index in [0.29, 0.717) is 17.9 Å². The van der Waals surface area contributed by atoms with Gasteiger partial charge in [-0.25, -0.2) is 9.50 Å². The number of hydrogen-bond donors (Lipinski definition) is 1. The van der Waals surface area contributed by atoms with Gasteiger partial charge in [0.2, 0.25) is 0 Å². The van der Waals surface area contributed by atoms with E-state index in [1.165, 1.54) is 0 Å². The summed E-state index contributed by atoms with van der Waals surface area (Å²) in [5.74, 6) is 1.59. The predicted octanol–water partition coefficient (Wildman–Crippen LogP) is 3.44. The van der Waals surface area contributed by atoms with Crippen molar-refractivity contribution in [3.05, 3.63) is 66.4 Å². The molecule has 196 valence electrons. The summed E-state index contributed by atoms with van der Waals surface area (Å²) >= 11 is 0. The number of methoxy groups -OCH3 is 1. The highest BCUT2D eigenvalue weighted by Gasteiger charge is 2.20. The fourth-order valence-electron chi connectivity index (χ4n) is 4.52. The molecule has 0 amide bonds. The van der Waals surface area contributed by atoms with E-state index in [1.807, 2.05) is 44.6 Å². The molecule has 0 saturated carbocycles. The largest absolute Gasteiger partial charge is 0.489 e. The van der Waals surface area contributed by atoms with Gasteiger partial charge in [-0.05, 0) is 37.3 Å². The highest BCUT2D eigenvalue weighted by atomic mass is 16.5. The SMILES string of the molecule is CNc1ccc(CN2CCN(c3ccc(-c4cc(OC[C@@H](C)OC)cn5ncc(C#N)c45)cn3)CC2)nc1. The molecule has 38 heavy (non-hydrogen) atoms. The van der Waals surface area contributed by atoms with Gasteiger partial charge < -0.3 is 19.7 Å². The molecule has 1 atom stereocenters. The number of fused-ring (bicyclic) bond motifs is 1. The molecule has 5 heterocycles. The number of nitriles is 1. The second-order valence-electron chi connectivity index (χ2n) is 9.37. The zero-order chi connectivity index (χ0) is 26.5. The molecule has 0 radical (unpaired) electrons. The molecule has 0 aliphatic carbocycles. The minimum absolute atomic E-state index is 0.0435. The van der Waals surface area contributed by atoms with Crippen LogP contribution < -0.4 is 15.0 Å². The van der Waals surface area contributed by atoms with Crippen molar-refractivity contribution in [3.63, 3.8) is 0 Å². The van der Waals surface area contributed by atoms with Gasteiger partial charge in [0.1, 0.15) is 24.2 Å². The first kappa shape index (κ1) is 25.4. The molecule has 1 N–H and O–H groups in total. The summed E-state index contributed by atoms with van der Waals surface area (Å²) < 4.78 is 12.9. The molecule has 4 aromatic rings. The lowest BCUT2D eigenvalue weighted by Crippen LogP contribution is -2.46. The van der Waals surface area contributed by atoms with Gasteiger partial charge in [-0.2, -0.15) is 10.4 Å². The van der Waals surface area contributed by atoms with Crippen LogP contribution in [0.15, 0.2) is 55.1 Å². The second-order valence-corrected chi connectivity index (χ2v) is 9.37. The van der Waals surface area contributed by atoms with Gasteiger partial charge in [0.05, 0.1) is 47.2 Å². The van der Waals surface area contributed by atoms with Crippen molar-refractivity contribution in [2.45, 2.75) is 19.6 Å². The number of ether oxygens (including phenoxy) is 2. The number of rotatable bonds is 9. The number of hydrogen-bond acceptors (Lipinski definition) is 9.